The summed E-state index contributed by atoms with van der Waals surface area (Å²) in [7, 11) is -4.68. The smallest absolute Gasteiger partial charge is 0.341 e. The van der Waals surface area contributed by atoms with Gasteiger partial charge in [-0.1, -0.05) is 12.1 Å². The summed E-state index contributed by atoms with van der Waals surface area (Å²) < 4.78 is 59.5. The normalized spacial score (nSPS) is 14.9. The Hall–Kier alpha value is -2.68. The van der Waals surface area contributed by atoms with E-state index in [0.29, 0.717) is 11.5 Å². The second-order valence-corrected chi connectivity index (χ2v) is 9.14. The fourth-order valence-corrected chi connectivity index (χ4v) is 3.75. The fraction of sp³-hybridized carbons (Fsp3) is 0.350. The Kier molecular flexibility index (Phi) is 5.79. The molecular weight excluding hydrogens is 404 g/mol. The minimum Gasteiger partial charge on any atom is -0.488 e. The average molecular weight is 425 g/mol. The molecule has 0 bridgehead atoms. The van der Waals surface area contributed by atoms with E-state index in [4.69, 9.17) is 9.47 Å². The highest BCUT2D eigenvalue weighted by Gasteiger charge is 2.32. The fourth-order valence-electron chi connectivity index (χ4n) is 3.03. The number of nitrogens with one attached hydrogen (secondary N) is 1. The predicted octanol–water partition coefficient (Wildman–Crippen LogP) is 3.21. The van der Waals surface area contributed by atoms with E-state index in [1.54, 1.807) is 6.07 Å². The molecule has 0 radical (unpaired) electrons. The van der Waals surface area contributed by atoms with Crippen molar-refractivity contribution in [3.63, 3.8) is 0 Å². The number of hydrogen-bond donors (Lipinski definition) is 1. The predicted molar refractivity (Wildman–Crippen MR) is 102 cm³/mol. The number of rotatable bonds is 7. The topological polar surface area (TPSA) is 81.7 Å². The number of sulfone groups is 1. The zero-order valence-corrected chi connectivity index (χ0v) is 16.8. The Bertz CT molecular complexity index is 1000. The van der Waals surface area contributed by atoms with Gasteiger partial charge < -0.3 is 14.8 Å². The molecule has 1 heterocycles. The quantitative estimate of drug-likeness (QED) is 0.689. The zero-order valence-electron chi connectivity index (χ0n) is 15.9. The standard InChI is InChI=1S/C20H21F2NO5S/c1-20(2)12-14-4-3-5-16(17(14)28-20)27-11-10-23-18(24)13-6-8-15(9-7-13)29(25,26)19(21)22/h3-9,19H,10-12H2,1-2H3,(H,23,24). The van der Waals surface area contributed by atoms with Crippen LogP contribution in [0, 0.1) is 0 Å². The lowest BCUT2D eigenvalue weighted by Gasteiger charge is -2.18. The molecule has 1 amide bonds. The Labute approximate surface area is 167 Å². The van der Waals surface area contributed by atoms with Crippen molar-refractivity contribution in [3.8, 4) is 11.5 Å². The lowest BCUT2D eigenvalue weighted by Crippen LogP contribution is -2.28. The molecule has 0 spiro atoms. The summed E-state index contributed by atoms with van der Waals surface area (Å²) >= 11 is 0. The van der Waals surface area contributed by atoms with Gasteiger partial charge in [0.25, 0.3) is 5.91 Å². The first-order valence-corrected chi connectivity index (χ1v) is 10.5. The van der Waals surface area contributed by atoms with Crippen LogP contribution in [-0.4, -0.2) is 38.8 Å². The maximum Gasteiger partial charge on any atom is 0.341 e. The summed E-state index contributed by atoms with van der Waals surface area (Å²) in [6.45, 7) is 4.39. The SMILES string of the molecule is CC1(C)Cc2cccc(OCCNC(=O)c3ccc(S(=O)(=O)C(F)F)cc3)c2O1. The highest BCUT2D eigenvalue weighted by atomic mass is 32.2. The van der Waals surface area contributed by atoms with Crippen LogP contribution in [0.25, 0.3) is 0 Å². The monoisotopic (exact) mass is 425 g/mol. The van der Waals surface area contributed by atoms with Crippen molar-refractivity contribution in [2.45, 2.75) is 36.5 Å². The highest BCUT2D eigenvalue weighted by Crippen LogP contribution is 2.41. The molecule has 0 aromatic heterocycles. The molecule has 2 aromatic carbocycles. The molecule has 1 aliphatic heterocycles. The first kappa shape index (κ1) is 21.0. The van der Waals surface area contributed by atoms with Crippen LogP contribution in [-0.2, 0) is 16.3 Å². The molecule has 0 fully saturated rings. The van der Waals surface area contributed by atoms with Crippen LogP contribution in [0.1, 0.15) is 29.8 Å². The van der Waals surface area contributed by atoms with E-state index in [1.165, 1.54) is 12.1 Å². The minimum absolute atomic E-state index is 0.156. The number of para-hydroxylation sites is 1. The van der Waals surface area contributed by atoms with Gasteiger partial charge in [-0.05, 0) is 44.2 Å². The highest BCUT2D eigenvalue weighted by molar-refractivity contribution is 7.91. The van der Waals surface area contributed by atoms with Gasteiger partial charge >= 0.3 is 5.76 Å². The van der Waals surface area contributed by atoms with Gasteiger partial charge in [-0.25, -0.2) is 8.42 Å². The van der Waals surface area contributed by atoms with Gasteiger partial charge in [0.1, 0.15) is 12.2 Å². The summed E-state index contributed by atoms with van der Waals surface area (Å²) in [4.78, 5) is 11.6. The molecule has 1 N–H and O–H groups in total. The van der Waals surface area contributed by atoms with Crippen molar-refractivity contribution in [1.82, 2.24) is 5.32 Å². The summed E-state index contributed by atoms with van der Waals surface area (Å²) in [6.07, 6.45) is 0.785. The maximum atomic E-state index is 12.5. The molecular formula is C20H21F2NO5S. The van der Waals surface area contributed by atoms with Gasteiger partial charge in [0, 0.05) is 17.5 Å². The number of halogens is 2. The van der Waals surface area contributed by atoms with Crippen LogP contribution < -0.4 is 14.8 Å². The maximum absolute atomic E-state index is 12.5. The number of hydrogen-bond acceptors (Lipinski definition) is 5. The van der Waals surface area contributed by atoms with Gasteiger partial charge in [-0.3, -0.25) is 4.79 Å². The van der Waals surface area contributed by atoms with E-state index in [2.05, 4.69) is 5.32 Å². The van der Waals surface area contributed by atoms with Crippen molar-refractivity contribution >= 4 is 15.7 Å². The van der Waals surface area contributed by atoms with E-state index in [-0.39, 0.29) is 24.3 Å². The van der Waals surface area contributed by atoms with E-state index in [0.717, 1.165) is 24.1 Å². The summed E-state index contributed by atoms with van der Waals surface area (Å²) in [6, 6.07) is 10.0. The number of carbonyl (C=O) groups is 1. The van der Waals surface area contributed by atoms with E-state index in [1.807, 2.05) is 26.0 Å². The molecule has 156 valence electrons. The van der Waals surface area contributed by atoms with E-state index < -0.39 is 26.4 Å². The van der Waals surface area contributed by atoms with Gasteiger partial charge in [0.15, 0.2) is 11.5 Å². The van der Waals surface area contributed by atoms with Crippen LogP contribution in [0.5, 0.6) is 11.5 Å². The third-order valence-electron chi connectivity index (χ3n) is 4.38. The van der Waals surface area contributed by atoms with Crippen LogP contribution >= 0.6 is 0 Å². The average Bonchev–Trinajstić information content (AvgIpc) is 2.99. The molecule has 0 unspecified atom stereocenters. The van der Waals surface area contributed by atoms with Crippen molar-refractivity contribution in [3.05, 3.63) is 53.6 Å². The van der Waals surface area contributed by atoms with Crippen molar-refractivity contribution < 1.29 is 31.5 Å². The Balaban J connectivity index is 1.53. The zero-order chi connectivity index (χ0) is 21.2. The molecule has 0 saturated heterocycles. The molecule has 29 heavy (non-hydrogen) atoms. The molecule has 6 nitrogen and oxygen atoms in total. The lowest BCUT2D eigenvalue weighted by molar-refractivity contribution is 0.0946. The Morgan fingerprint density at radius 1 is 1.21 bits per heavy atom. The molecule has 3 rings (SSSR count). The van der Waals surface area contributed by atoms with Crippen molar-refractivity contribution in [2.75, 3.05) is 13.2 Å². The minimum atomic E-state index is -4.68. The first-order valence-electron chi connectivity index (χ1n) is 8.94. The van der Waals surface area contributed by atoms with Crippen molar-refractivity contribution in [1.29, 1.82) is 0 Å². The molecule has 2 aromatic rings. The summed E-state index contributed by atoms with van der Waals surface area (Å²) in [5.74, 6) is -2.66. The van der Waals surface area contributed by atoms with Crippen LogP contribution in [0.15, 0.2) is 47.4 Å². The number of fused-ring (bicyclic) bond motifs is 1. The number of carbonyl (C=O) groups excluding carboxylic acids is 1. The molecule has 9 heteroatoms. The summed E-state index contributed by atoms with van der Waals surface area (Å²) in [5, 5.41) is 2.63. The number of ether oxygens (including phenoxy) is 2. The third-order valence-corrected chi connectivity index (χ3v) is 5.78. The van der Waals surface area contributed by atoms with Gasteiger partial charge in [-0.15, -0.1) is 0 Å². The Morgan fingerprint density at radius 2 is 1.90 bits per heavy atom. The first-order chi connectivity index (χ1) is 13.6. The molecule has 0 saturated carbocycles. The molecule has 0 aliphatic carbocycles. The van der Waals surface area contributed by atoms with E-state index >= 15 is 0 Å². The summed E-state index contributed by atoms with van der Waals surface area (Å²) in [5.41, 5.74) is 0.930. The number of alkyl halides is 2. The van der Waals surface area contributed by atoms with E-state index in [9.17, 15) is 22.0 Å². The van der Waals surface area contributed by atoms with Crippen LogP contribution in [0.2, 0.25) is 0 Å². The third kappa shape index (κ3) is 4.67. The van der Waals surface area contributed by atoms with Crippen LogP contribution in [0.3, 0.4) is 0 Å². The molecule has 1 aliphatic rings. The van der Waals surface area contributed by atoms with Crippen LogP contribution in [0.4, 0.5) is 8.78 Å². The molecule has 0 atom stereocenters. The second kappa shape index (κ2) is 7.98. The number of benzene rings is 2. The largest absolute Gasteiger partial charge is 0.488 e. The van der Waals surface area contributed by atoms with Crippen molar-refractivity contribution in [2.24, 2.45) is 0 Å². The number of amides is 1. The Morgan fingerprint density at radius 3 is 2.55 bits per heavy atom. The van der Waals surface area contributed by atoms with Gasteiger partial charge in [0.05, 0.1) is 11.4 Å². The van der Waals surface area contributed by atoms with Gasteiger partial charge in [-0.2, -0.15) is 8.78 Å². The lowest BCUT2D eigenvalue weighted by atomic mass is 10.0. The van der Waals surface area contributed by atoms with Gasteiger partial charge in [0.2, 0.25) is 9.84 Å². The second-order valence-electron chi connectivity index (χ2n) is 7.22.